The molecule has 21 heavy (non-hydrogen) atoms. The fourth-order valence-corrected chi connectivity index (χ4v) is 2.11. The van der Waals surface area contributed by atoms with Crippen LogP contribution in [0.3, 0.4) is 0 Å². The van der Waals surface area contributed by atoms with Crippen LogP contribution in [0.25, 0.3) is 0 Å². The molecule has 1 aromatic heterocycles. The van der Waals surface area contributed by atoms with E-state index in [0.29, 0.717) is 13.0 Å². The number of nitrogens with zero attached hydrogens (tertiary/aromatic N) is 1. The highest BCUT2D eigenvalue weighted by atomic mass is 16.2. The van der Waals surface area contributed by atoms with Crippen LogP contribution in [0.4, 0.5) is 10.5 Å². The molecular weight excluding hydrogens is 266 g/mol. The van der Waals surface area contributed by atoms with E-state index in [4.69, 9.17) is 5.73 Å². The fourth-order valence-electron chi connectivity index (χ4n) is 2.11. The molecule has 2 amide bonds. The number of hydrogen-bond acceptors (Lipinski definition) is 3. The highest BCUT2D eigenvalue weighted by molar-refractivity contribution is 5.89. The van der Waals surface area contributed by atoms with Gasteiger partial charge in [-0.3, -0.25) is 5.10 Å². The van der Waals surface area contributed by atoms with Gasteiger partial charge in [-0.15, -0.1) is 0 Å². The van der Waals surface area contributed by atoms with Crippen molar-refractivity contribution < 1.29 is 4.79 Å². The molecule has 1 unspecified atom stereocenters. The largest absolute Gasteiger partial charge is 0.335 e. The Morgan fingerprint density at radius 2 is 2.24 bits per heavy atom. The average Bonchev–Trinajstić information content (AvgIpc) is 2.83. The molecule has 2 rings (SSSR count). The molecule has 1 aromatic carbocycles. The number of amides is 2. The van der Waals surface area contributed by atoms with E-state index in [1.807, 2.05) is 44.2 Å². The van der Waals surface area contributed by atoms with E-state index in [1.165, 1.54) is 0 Å². The summed E-state index contributed by atoms with van der Waals surface area (Å²) < 4.78 is 0. The van der Waals surface area contributed by atoms with Crippen LogP contribution in [-0.2, 0) is 13.0 Å². The number of hydrogen-bond donors (Lipinski definition) is 4. The van der Waals surface area contributed by atoms with Gasteiger partial charge in [-0.1, -0.05) is 12.1 Å². The van der Waals surface area contributed by atoms with Crippen LogP contribution >= 0.6 is 0 Å². The van der Waals surface area contributed by atoms with Gasteiger partial charge in [-0.2, -0.15) is 5.10 Å². The summed E-state index contributed by atoms with van der Waals surface area (Å²) in [5.74, 6) is 0. The Bertz CT molecular complexity index is 608. The Labute approximate surface area is 124 Å². The van der Waals surface area contributed by atoms with Crippen LogP contribution in [0.15, 0.2) is 30.3 Å². The Morgan fingerprint density at radius 3 is 2.90 bits per heavy atom. The van der Waals surface area contributed by atoms with Crippen molar-refractivity contribution in [3.63, 3.8) is 0 Å². The van der Waals surface area contributed by atoms with Crippen molar-refractivity contribution in [2.45, 2.75) is 32.9 Å². The number of nitrogens with two attached hydrogens (primary N) is 1. The summed E-state index contributed by atoms with van der Waals surface area (Å²) in [6.07, 6.45) is 0.681. The molecule has 2 aromatic rings. The number of nitrogens with one attached hydrogen (secondary N) is 3. The summed E-state index contributed by atoms with van der Waals surface area (Å²) >= 11 is 0. The second-order valence-electron chi connectivity index (χ2n) is 5.15. The van der Waals surface area contributed by atoms with Crippen LogP contribution in [-0.4, -0.2) is 22.3 Å². The lowest BCUT2D eigenvalue weighted by Gasteiger charge is -2.14. The van der Waals surface area contributed by atoms with Crippen molar-refractivity contribution in [3.8, 4) is 0 Å². The molecule has 1 atom stereocenters. The van der Waals surface area contributed by atoms with Gasteiger partial charge in [0.15, 0.2) is 0 Å². The number of aromatic nitrogens is 2. The van der Waals surface area contributed by atoms with Gasteiger partial charge in [-0.05, 0) is 37.6 Å². The predicted octanol–water partition coefficient (Wildman–Crippen LogP) is 1.93. The van der Waals surface area contributed by atoms with Gasteiger partial charge in [0.1, 0.15) is 0 Å². The Morgan fingerprint density at radius 1 is 1.43 bits per heavy atom. The highest BCUT2D eigenvalue weighted by Crippen LogP contribution is 2.10. The Kier molecular flexibility index (Phi) is 4.94. The van der Waals surface area contributed by atoms with Crippen molar-refractivity contribution >= 4 is 11.7 Å². The number of aryl methyl sites for hydroxylation is 1. The SMILES string of the molecule is Cc1cc(CC(C)NC(=O)Nc2cccc(CN)c2)n[nH]1. The topological polar surface area (TPSA) is 95.8 Å². The molecule has 0 bridgehead atoms. The summed E-state index contributed by atoms with van der Waals surface area (Å²) in [5, 5.41) is 12.7. The third kappa shape index (κ3) is 4.61. The summed E-state index contributed by atoms with van der Waals surface area (Å²) in [6, 6.07) is 9.22. The number of carbonyl (C=O) groups excluding carboxylic acids is 1. The van der Waals surface area contributed by atoms with Crippen molar-refractivity contribution in [2.75, 3.05) is 5.32 Å². The molecule has 0 aliphatic carbocycles. The van der Waals surface area contributed by atoms with Gasteiger partial charge >= 0.3 is 6.03 Å². The molecule has 0 saturated heterocycles. The fraction of sp³-hybridized carbons (Fsp3) is 0.333. The summed E-state index contributed by atoms with van der Waals surface area (Å²) in [5.41, 5.74) is 9.24. The first-order valence-electron chi connectivity index (χ1n) is 6.94. The standard InChI is InChI=1S/C15H21N5O/c1-10(6-14-7-11(2)19-20-14)17-15(21)18-13-5-3-4-12(8-13)9-16/h3-5,7-8,10H,6,9,16H2,1-2H3,(H,19,20)(H2,17,18,21). The zero-order valence-electron chi connectivity index (χ0n) is 12.3. The maximum atomic E-state index is 11.9. The van der Waals surface area contributed by atoms with E-state index in [-0.39, 0.29) is 12.1 Å². The molecule has 0 fully saturated rings. The first-order valence-corrected chi connectivity index (χ1v) is 6.94. The smallest absolute Gasteiger partial charge is 0.319 e. The second kappa shape index (κ2) is 6.90. The number of anilines is 1. The number of H-pyrrole nitrogens is 1. The van der Waals surface area contributed by atoms with Gasteiger partial charge in [-0.25, -0.2) is 4.79 Å². The third-order valence-corrected chi connectivity index (χ3v) is 3.07. The number of carbonyl (C=O) groups is 1. The number of benzene rings is 1. The van der Waals surface area contributed by atoms with Crippen LogP contribution in [0, 0.1) is 6.92 Å². The van der Waals surface area contributed by atoms with Gasteiger partial charge in [0, 0.05) is 30.4 Å². The predicted molar refractivity (Wildman–Crippen MR) is 83.0 cm³/mol. The first kappa shape index (κ1) is 15.1. The molecule has 6 heteroatoms. The van der Waals surface area contributed by atoms with E-state index in [2.05, 4.69) is 20.8 Å². The van der Waals surface area contributed by atoms with E-state index in [9.17, 15) is 4.79 Å². The van der Waals surface area contributed by atoms with Gasteiger partial charge < -0.3 is 16.4 Å². The van der Waals surface area contributed by atoms with Crippen molar-refractivity contribution in [1.29, 1.82) is 0 Å². The van der Waals surface area contributed by atoms with Gasteiger partial charge in [0.05, 0.1) is 5.69 Å². The Balaban J connectivity index is 1.85. The lowest BCUT2D eigenvalue weighted by atomic mass is 10.2. The average molecular weight is 287 g/mol. The van der Waals surface area contributed by atoms with Crippen molar-refractivity contribution in [2.24, 2.45) is 5.73 Å². The molecule has 0 saturated carbocycles. The van der Waals surface area contributed by atoms with Crippen molar-refractivity contribution in [3.05, 3.63) is 47.3 Å². The van der Waals surface area contributed by atoms with Crippen LogP contribution in [0.1, 0.15) is 23.9 Å². The zero-order chi connectivity index (χ0) is 15.2. The maximum absolute atomic E-state index is 11.9. The molecule has 112 valence electrons. The molecule has 0 radical (unpaired) electrons. The van der Waals surface area contributed by atoms with E-state index >= 15 is 0 Å². The highest BCUT2D eigenvalue weighted by Gasteiger charge is 2.10. The summed E-state index contributed by atoms with van der Waals surface area (Å²) in [6.45, 7) is 4.34. The summed E-state index contributed by atoms with van der Waals surface area (Å²) in [4.78, 5) is 11.9. The van der Waals surface area contributed by atoms with Gasteiger partial charge in [0.25, 0.3) is 0 Å². The molecule has 0 aliphatic heterocycles. The Hall–Kier alpha value is -2.34. The first-order chi connectivity index (χ1) is 10.1. The minimum atomic E-state index is -0.232. The lowest BCUT2D eigenvalue weighted by Crippen LogP contribution is -2.37. The molecule has 0 spiro atoms. The monoisotopic (exact) mass is 287 g/mol. The number of rotatable bonds is 5. The van der Waals surface area contributed by atoms with Crippen molar-refractivity contribution in [1.82, 2.24) is 15.5 Å². The van der Waals surface area contributed by atoms with Crippen LogP contribution < -0.4 is 16.4 Å². The summed E-state index contributed by atoms with van der Waals surface area (Å²) in [7, 11) is 0. The van der Waals surface area contributed by atoms with Crippen LogP contribution in [0.2, 0.25) is 0 Å². The lowest BCUT2D eigenvalue weighted by molar-refractivity contribution is 0.249. The number of aromatic amines is 1. The molecule has 0 aliphatic rings. The van der Waals surface area contributed by atoms with E-state index < -0.39 is 0 Å². The normalized spacial score (nSPS) is 12.0. The minimum absolute atomic E-state index is 0.00890. The molecule has 6 nitrogen and oxygen atoms in total. The molecule has 5 N–H and O–H groups in total. The quantitative estimate of drug-likeness (QED) is 0.676. The van der Waals surface area contributed by atoms with Crippen LogP contribution in [0.5, 0.6) is 0 Å². The minimum Gasteiger partial charge on any atom is -0.335 e. The molecule has 1 heterocycles. The van der Waals surface area contributed by atoms with E-state index in [0.717, 1.165) is 22.6 Å². The molecular formula is C15H21N5O. The zero-order valence-corrected chi connectivity index (χ0v) is 12.3. The second-order valence-corrected chi connectivity index (χ2v) is 5.15. The third-order valence-electron chi connectivity index (χ3n) is 3.07. The maximum Gasteiger partial charge on any atom is 0.319 e. The van der Waals surface area contributed by atoms with E-state index in [1.54, 1.807) is 0 Å². The van der Waals surface area contributed by atoms with Gasteiger partial charge in [0.2, 0.25) is 0 Å². The number of urea groups is 1.